The van der Waals surface area contributed by atoms with E-state index in [4.69, 9.17) is 4.84 Å². The van der Waals surface area contributed by atoms with E-state index in [1.807, 2.05) is 67.6 Å². The minimum Gasteiger partial charge on any atom is -0.273 e. The zero-order chi connectivity index (χ0) is 20.0. The Hall–Kier alpha value is -3.51. The predicted octanol–water partition coefficient (Wildman–Crippen LogP) is 3.44. The van der Waals surface area contributed by atoms with Gasteiger partial charge in [-0.15, -0.1) is 0 Å². The summed E-state index contributed by atoms with van der Waals surface area (Å²) in [5.74, 6) is -1.20. The number of hydroxylamine groups is 1. The smallest absolute Gasteiger partial charge is 0.266 e. The maximum Gasteiger partial charge on any atom is 0.266 e. The van der Waals surface area contributed by atoms with E-state index in [2.05, 4.69) is 4.98 Å². The topological polar surface area (TPSA) is 62.7 Å². The molecule has 0 saturated carbocycles. The zero-order valence-corrected chi connectivity index (χ0v) is 15.8. The van der Waals surface area contributed by atoms with Crippen molar-refractivity contribution in [1.29, 1.82) is 0 Å². The lowest BCUT2D eigenvalue weighted by Crippen LogP contribution is -2.37. The van der Waals surface area contributed by atoms with Crippen LogP contribution in [-0.4, -0.2) is 22.9 Å². The van der Waals surface area contributed by atoms with Gasteiger partial charge in [-0.2, -0.15) is 0 Å². The number of pyridine rings is 1. The first-order chi connectivity index (χ1) is 14.2. The molecule has 2 aromatic carbocycles. The lowest BCUT2D eigenvalue weighted by Gasteiger charge is -2.29. The Morgan fingerprint density at radius 1 is 0.862 bits per heavy atom. The molecule has 2 aliphatic rings. The number of carbonyl (C=O) groups is 2. The third-order valence-corrected chi connectivity index (χ3v) is 5.53. The first-order valence-corrected chi connectivity index (χ1v) is 9.51. The highest BCUT2D eigenvalue weighted by Crippen LogP contribution is 2.47. The largest absolute Gasteiger partial charge is 0.273 e. The fourth-order valence-corrected chi connectivity index (χ4v) is 4.16. The predicted molar refractivity (Wildman–Crippen MR) is 108 cm³/mol. The third kappa shape index (κ3) is 2.72. The molecule has 0 unspecified atom stereocenters. The second-order valence-corrected chi connectivity index (χ2v) is 7.24. The average molecular weight is 385 g/mol. The molecule has 0 spiro atoms. The number of amides is 2. The van der Waals surface area contributed by atoms with Gasteiger partial charge in [0.2, 0.25) is 5.91 Å². The Morgan fingerprint density at radius 2 is 1.55 bits per heavy atom. The molecule has 2 saturated heterocycles. The molecule has 2 amide bonds. The van der Waals surface area contributed by atoms with E-state index in [9.17, 15) is 9.59 Å². The zero-order valence-electron chi connectivity index (χ0n) is 15.8. The number of hydrogen-bond acceptors (Lipinski definition) is 5. The standard InChI is InChI=1S/C23H19N3O3/c1-15-7-5-6-10-18(15)25-22(27)19-20(16-11-13-24-14-12-16)26(29-21(19)23(25)28)17-8-3-2-4-9-17/h2-14,19-21H,1H3/t19-,20+,21+/m1/s1. The number of aryl methyl sites for hydroxylation is 1. The van der Waals surface area contributed by atoms with Crippen LogP contribution in [0.3, 0.4) is 0 Å². The number of aromatic nitrogens is 1. The number of imide groups is 1. The van der Waals surface area contributed by atoms with Crippen molar-refractivity contribution < 1.29 is 14.4 Å². The fourth-order valence-electron chi connectivity index (χ4n) is 4.16. The number of nitrogens with zero attached hydrogens (tertiary/aromatic N) is 3. The second kappa shape index (κ2) is 6.83. The monoisotopic (exact) mass is 385 g/mol. The highest BCUT2D eigenvalue weighted by atomic mass is 16.7. The number of anilines is 2. The van der Waals surface area contributed by atoms with E-state index in [1.54, 1.807) is 23.5 Å². The van der Waals surface area contributed by atoms with Crippen LogP contribution in [0.15, 0.2) is 79.1 Å². The molecule has 3 heterocycles. The van der Waals surface area contributed by atoms with Crippen molar-refractivity contribution in [3.8, 4) is 0 Å². The van der Waals surface area contributed by atoms with Crippen molar-refractivity contribution in [2.45, 2.75) is 19.1 Å². The SMILES string of the molecule is Cc1ccccc1N1C(=O)[C@H]2[C@H](ON(c3ccccc3)[C@H]2c2ccncc2)C1=O. The summed E-state index contributed by atoms with van der Waals surface area (Å²) in [4.78, 5) is 38.2. The van der Waals surface area contributed by atoms with Gasteiger partial charge in [0.15, 0.2) is 6.10 Å². The molecule has 0 radical (unpaired) electrons. The summed E-state index contributed by atoms with van der Waals surface area (Å²) in [5.41, 5.74) is 3.16. The number of para-hydroxylation sites is 2. The highest BCUT2D eigenvalue weighted by Gasteiger charge is 2.60. The van der Waals surface area contributed by atoms with E-state index < -0.39 is 18.1 Å². The molecule has 29 heavy (non-hydrogen) atoms. The van der Waals surface area contributed by atoms with Gasteiger partial charge < -0.3 is 0 Å². The molecular weight excluding hydrogens is 366 g/mol. The molecule has 2 aliphatic heterocycles. The van der Waals surface area contributed by atoms with Gasteiger partial charge in [0.1, 0.15) is 5.92 Å². The Labute approximate surface area is 168 Å². The summed E-state index contributed by atoms with van der Waals surface area (Å²) in [6.45, 7) is 1.89. The maximum atomic E-state index is 13.5. The number of hydrogen-bond donors (Lipinski definition) is 0. The van der Waals surface area contributed by atoms with Gasteiger partial charge in [-0.05, 0) is 48.4 Å². The summed E-state index contributed by atoms with van der Waals surface area (Å²) in [6.07, 6.45) is 2.51. The summed E-state index contributed by atoms with van der Waals surface area (Å²) in [7, 11) is 0. The molecule has 3 aromatic rings. The minimum absolute atomic E-state index is 0.241. The van der Waals surface area contributed by atoms with Crippen LogP contribution in [0.5, 0.6) is 0 Å². The van der Waals surface area contributed by atoms with E-state index in [0.717, 1.165) is 16.8 Å². The van der Waals surface area contributed by atoms with Gasteiger partial charge in [-0.25, -0.2) is 9.96 Å². The van der Waals surface area contributed by atoms with Crippen molar-refractivity contribution in [3.05, 3.63) is 90.3 Å². The lowest BCUT2D eigenvalue weighted by atomic mass is 9.91. The van der Waals surface area contributed by atoms with Crippen LogP contribution in [0.25, 0.3) is 0 Å². The molecule has 0 bridgehead atoms. The van der Waals surface area contributed by atoms with Gasteiger partial charge >= 0.3 is 0 Å². The molecule has 5 rings (SSSR count). The highest BCUT2D eigenvalue weighted by molar-refractivity contribution is 6.24. The third-order valence-electron chi connectivity index (χ3n) is 5.53. The van der Waals surface area contributed by atoms with Crippen LogP contribution in [0, 0.1) is 12.8 Å². The molecule has 6 heteroatoms. The van der Waals surface area contributed by atoms with E-state index in [1.165, 1.54) is 4.90 Å². The van der Waals surface area contributed by atoms with Gasteiger partial charge in [-0.3, -0.25) is 19.4 Å². The first kappa shape index (κ1) is 17.6. The van der Waals surface area contributed by atoms with Crippen LogP contribution < -0.4 is 9.96 Å². The normalized spacial score (nSPS) is 23.6. The van der Waals surface area contributed by atoms with Crippen LogP contribution >= 0.6 is 0 Å². The summed E-state index contributed by atoms with van der Waals surface area (Å²) < 4.78 is 0. The summed E-state index contributed by atoms with van der Waals surface area (Å²) in [6, 6.07) is 20.2. The van der Waals surface area contributed by atoms with E-state index in [0.29, 0.717) is 5.69 Å². The number of benzene rings is 2. The molecule has 2 fully saturated rings. The van der Waals surface area contributed by atoms with Crippen LogP contribution in [0.4, 0.5) is 11.4 Å². The van der Waals surface area contributed by atoms with E-state index in [-0.39, 0.29) is 11.8 Å². The van der Waals surface area contributed by atoms with Crippen LogP contribution in [0.1, 0.15) is 17.2 Å². The minimum atomic E-state index is -0.861. The Bertz CT molecular complexity index is 1070. The van der Waals surface area contributed by atoms with E-state index >= 15 is 0 Å². The van der Waals surface area contributed by atoms with Gasteiger partial charge in [0.05, 0.1) is 17.4 Å². The quantitative estimate of drug-likeness (QED) is 0.647. The van der Waals surface area contributed by atoms with Crippen LogP contribution in [-0.2, 0) is 14.4 Å². The van der Waals surface area contributed by atoms with Gasteiger partial charge in [0, 0.05) is 12.4 Å². The number of carbonyl (C=O) groups excluding carboxylic acids is 2. The molecule has 3 atom stereocenters. The Morgan fingerprint density at radius 3 is 2.28 bits per heavy atom. The summed E-state index contributed by atoms with van der Waals surface area (Å²) >= 11 is 0. The molecule has 1 aromatic heterocycles. The first-order valence-electron chi connectivity index (χ1n) is 9.51. The average Bonchev–Trinajstić information content (AvgIpc) is 3.26. The molecule has 144 valence electrons. The Kier molecular flexibility index (Phi) is 4.14. The van der Waals surface area contributed by atoms with Crippen molar-refractivity contribution in [3.63, 3.8) is 0 Å². The molecule has 0 aliphatic carbocycles. The van der Waals surface area contributed by atoms with Crippen molar-refractivity contribution in [1.82, 2.24) is 4.98 Å². The maximum absolute atomic E-state index is 13.5. The number of rotatable bonds is 3. The molecular formula is C23H19N3O3. The molecule has 6 nitrogen and oxygen atoms in total. The second-order valence-electron chi connectivity index (χ2n) is 7.24. The summed E-state index contributed by atoms with van der Waals surface area (Å²) in [5, 5.41) is 1.69. The number of fused-ring (bicyclic) bond motifs is 1. The molecule has 0 N–H and O–H groups in total. The fraction of sp³-hybridized carbons (Fsp3) is 0.174. The lowest BCUT2D eigenvalue weighted by molar-refractivity contribution is -0.126. The van der Waals surface area contributed by atoms with Crippen molar-refractivity contribution >= 4 is 23.2 Å². The van der Waals surface area contributed by atoms with Gasteiger partial charge in [0.25, 0.3) is 5.91 Å². The van der Waals surface area contributed by atoms with Crippen molar-refractivity contribution in [2.75, 3.05) is 9.96 Å². The van der Waals surface area contributed by atoms with Crippen LogP contribution in [0.2, 0.25) is 0 Å². The van der Waals surface area contributed by atoms with Gasteiger partial charge in [-0.1, -0.05) is 36.4 Å². The Balaban J connectivity index is 1.60. The van der Waals surface area contributed by atoms with Crippen molar-refractivity contribution in [2.24, 2.45) is 5.92 Å².